The van der Waals surface area contributed by atoms with Crippen LogP contribution in [-0.4, -0.2) is 36.6 Å². The van der Waals surface area contributed by atoms with Crippen LogP contribution in [-0.2, 0) is 0 Å². The molecule has 0 saturated carbocycles. The monoisotopic (exact) mass is 220 g/mol. The summed E-state index contributed by atoms with van der Waals surface area (Å²) in [4.78, 5) is 17.7. The highest BCUT2D eigenvalue weighted by Crippen LogP contribution is 2.19. The molecule has 1 atom stereocenters. The molecule has 0 spiro atoms. The molecule has 0 bridgehead atoms. The van der Waals surface area contributed by atoms with Crippen molar-refractivity contribution in [2.75, 3.05) is 24.5 Å². The molecule has 3 N–H and O–H groups in total. The third-order valence-electron chi connectivity index (χ3n) is 2.83. The van der Waals surface area contributed by atoms with E-state index in [0.29, 0.717) is 17.4 Å². The van der Waals surface area contributed by atoms with Gasteiger partial charge in [0, 0.05) is 31.9 Å². The number of hydrogen-bond acceptors (Lipinski definition) is 4. The number of nitrogens with two attached hydrogens (primary N) is 1. The zero-order valence-electron chi connectivity index (χ0n) is 9.31. The molecule has 16 heavy (non-hydrogen) atoms. The number of carbonyl (C=O) groups excluding carboxylic acids is 1. The van der Waals surface area contributed by atoms with Gasteiger partial charge in [-0.3, -0.25) is 4.79 Å². The molecule has 2 heterocycles. The highest BCUT2D eigenvalue weighted by atomic mass is 16.1. The maximum atomic E-state index is 11.3. The van der Waals surface area contributed by atoms with E-state index >= 15 is 0 Å². The summed E-state index contributed by atoms with van der Waals surface area (Å²) in [6.45, 7) is 4.75. The summed E-state index contributed by atoms with van der Waals surface area (Å²) in [5.41, 5.74) is 5.84. The quantitative estimate of drug-likeness (QED) is 0.734. The molecule has 86 valence electrons. The molecule has 1 aromatic rings. The zero-order valence-corrected chi connectivity index (χ0v) is 9.31. The molecule has 0 aliphatic carbocycles. The summed E-state index contributed by atoms with van der Waals surface area (Å²) in [5.74, 6) is 0.276. The lowest BCUT2D eigenvalue weighted by Gasteiger charge is -2.35. The maximum Gasteiger partial charge on any atom is 0.252 e. The Labute approximate surface area is 94.6 Å². The van der Waals surface area contributed by atoms with Gasteiger partial charge in [0.2, 0.25) is 0 Å². The molecule has 1 unspecified atom stereocenters. The lowest BCUT2D eigenvalue weighted by Crippen LogP contribution is -2.50. The van der Waals surface area contributed by atoms with Gasteiger partial charge in [-0.1, -0.05) is 0 Å². The molecule has 1 aliphatic heterocycles. The van der Waals surface area contributed by atoms with Crippen molar-refractivity contribution in [1.29, 1.82) is 0 Å². The van der Waals surface area contributed by atoms with Gasteiger partial charge in [0.05, 0.1) is 5.56 Å². The van der Waals surface area contributed by atoms with Crippen molar-refractivity contribution < 1.29 is 4.79 Å². The lowest BCUT2D eigenvalue weighted by atomic mass is 10.1. The van der Waals surface area contributed by atoms with Crippen molar-refractivity contribution in [1.82, 2.24) is 10.3 Å². The second-order valence-electron chi connectivity index (χ2n) is 3.99. The molecule has 5 nitrogen and oxygen atoms in total. The highest BCUT2D eigenvalue weighted by Gasteiger charge is 2.22. The Morgan fingerprint density at radius 3 is 3.19 bits per heavy atom. The van der Waals surface area contributed by atoms with Crippen molar-refractivity contribution in [3.05, 3.63) is 23.9 Å². The van der Waals surface area contributed by atoms with Gasteiger partial charge >= 0.3 is 0 Å². The van der Waals surface area contributed by atoms with Crippen LogP contribution in [0, 0.1) is 0 Å². The minimum atomic E-state index is -0.422. The number of rotatable bonds is 2. The predicted molar refractivity (Wildman–Crippen MR) is 62.4 cm³/mol. The Kier molecular flexibility index (Phi) is 3.05. The summed E-state index contributed by atoms with van der Waals surface area (Å²) in [6, 6.07) is 3.78. The van der Waals surface area contributed by atoms with Crippen LogP contribution in [0.15, 0.2) is 18.3 Å². The van der Waals surface area contributed by atoms with Gasteiger partial charge in [0.1, 0.15) is 5.82 Å². The average molecular weight is 220 g/mol. The normalized spacial score (nSPS) is 20.8. The van der Waals surface area contributed by atoms with Crippen molar-refractivity contribution in [3.8, 4) is 0 Å². The summed E-state index contributed by atoms with van der Waals surface area (Å²) in [6.07, 6.45) is 1.69. The lowest BCUT2D eigenvalue weighted by molar-refractivity contribution is 0.100. The number of piperazine rings is 1. The van der Waals surface area contributed by atoms with E-state index in [9.17, 15) is 4.79 Å². The van der Waals surface area contributed by atoms with Crippen LogP contribution in [0.1, 0.15) is 17.3 Å². The van der Waals surface area contributed by atoms with Crippen molar-refractivity contribution in [3.63, 3.8) is 0 Å². The Bertz CT molecular complexity index is 393. The number of amides is 1. The fourth-order valence-electron chi connectivity index (χ4n) is 1.97. The molecule has 2 rings (SSSR count). The summed E-state index contributed by atoms with van der Waals surface area (Å²) in [7, 11) is 0. The van der Waals surface area contributed by atoms with Gasteiger partial charge in [-0.05, 0) is 19.1 Å². The number of anilines is 1. The second kappa shape index (κ2) is 4.49. The van der Waals surface area contributed by atoms with Crippen LogP contribution >= 0.6 is 0 Å². The molecular weight excluding hydrogens is 204 g/mol. The Morgan fingerprint density at radius 1 is 1.69 bits per heavy atom. The van der Waals surface area contributed by atoms with Gasteiger partial charge in [-0.2, -0.15) is 0 Å². The first-order valence-corrected chi connectivity index (χ1v) is 5.42. The molecule has 1 aliphatic rings. The van der Waals surface area contributed by atoms with Crippen LogP contribution in [0.4, 0.5) is 5.82 Å². The van der Waals surface area contributed by atoms with Crippen LogP contribution in [0.5, 0.6) is 0 Å². The largest absolute Gasteiger partial charge is 0.365 e. The third kappa shape index (κ3) is 1.99. The fraction of sp³-hybridized carbons (Fsp3) is 0.455. The van der Waals surface area contributed by atoms with Gasteiger partial charge in [0.15, 0.2) is 0 Å². The first-order valence-electron chi connectivity index (χ1n) is 5.42. The number of nitrogens with one attached hydrogen (secondary N) is 1. The minimum Gasteiger partial charge on any atom is -0.365 e. The predicted octanol–water partition coefficient (Wildman–Crippen LogP) is -0.0214. The van der Waals surface area contributed by atoms with E-state index in [0.717, 1.165) is 19.6 Å². The Balaban J connectivity index is 2.34. The standard InChI is InChI=1S/C11H16N4O/c1-8-7-13-5-6-15(8)11-9(10(12)16)3-2-4-14-11/h2-4,8,13H,5-7H2,1H3,(H2,12,16). The minimum absolute atomic E-state index is 0.321. The molecule has 1 fully saturated rings. The van der Waals surface area contributed by atoms with E-state index in [1.807, 2.05) is 0 Å². The van der Waals surface area contributed by atoms with E-state index in [4.69, 9.17) is 5.73 Å². The molecule has 0 aromatic carbocycles. The van der Waals surface area contributed by atoms with Crippen LogP contribution < -0.4 is 16.0 Å². The second-order valence-corrected chi connectivity index (χ2v) is 3.99. The zero-order chi connectivity index (χ0) is 11.5. The molecule has 0 radical (unpaired) electrons. The molecule has 1 aromatic heterocycles. The number of nitrogens with zero attached hydrogens (tertiary/aromatic N) is 2. The van der Waals surface area contributed by atoms with Crippen molar-refractivity contribution in [2.45, 2.75) is 13.0 Å². The van der Waals surface area contributed by atoms with Crippen molar-refractivity contribution in [2.24, 2.45) is 5.73 Å². The summed E-state index contributed by atoms with van der Waals surface area (Å²) in [5, 5.41) is 3.30. The summed E-state index contributed by atoms with van der Waals surface area (Å²) >= 11 is 0. The van der Waals surface area contributed by atoms with E-state index in [2.05, 4.69) is 22.1 Å². The van der Waals surface area contributed by atoms with E-state index in [-0.39, 0.29) is 0 Å². The molecule has 5 heteroatoms. The van der Waals surface area contributed by atoms with Gasteiger partial charge in [0.25, 0.3) is 5.91 Å². The molecule has 1 saturated heterocycles. The topological polar surface area (TPSA) is 71.2 Å². The number of aromatic nitrogens is 1. The smallest absolute Gasteiger partial charge is 0.252 e. The van der Waals surface area contributed by atoms with E-state index < -0.39 is 5.91 Å². The van der Waals surface area contributed by atoms with Gasteiger partial charge < -0.3 is 16.0 Å². The van der Waals surface area contributed by atoms with Crippen molar-refractivity contribution >= 4 is 11.7 Å². The van der Waals surface area contributed by atoms with Crippen LogP contribution in [0.25, 0.3) is 0 Å². The van der Waals surface area contributed by atoms with Crippen LogP contribution in [0.2, 0.25) is 0 Å². The number of carbonyl (C=O) groups is 1. The first-order chi connectivity index (χ1) is 7.70. The maximum absolute atomic E-state index is 11.3. The number of pyridine rings is 1. The molecular formula is C11H16N4O. The van der Waals surface area contributed by atoms with Gasteiger partial charge in [-0.15, -0.1) is 0 Å². The Hall–Kier alpha value is -1.62. The first kappa shape index (κ1) is 10.9. The van der Waals surface area contributed by atoms with E-state index in [1.54, 1.807) is 18.3 Å². The summed E-state index contributed by atoms with van der Waals surface area (Å²) < 4.78 is 0. The highest BCUT2D eigenvalue weighted by molar-refractivity contribution is 5.97. The number of hydrogen-bond donors (Lipinski definition) is 2. The van der Waals surface area contributed by atoms with E-state index in [1.165, 1.54) is 0 Å². The molecule has 1 amide bonds. The van der Waals surface area contributed by atoms with Gasteiger partial charge in [-0.25, -0.2) is 4.98 Å². The van der Waals surface area contributed by atoms with Crippen LogP contribution in [0.3, 0.4) is 0 Å². The average Bonchev–Trinajstić information content (AvgIpc) is 2.29. The third-order valence-corrected chi connectivity index (χ3v) is 2.83. The SMILES string of the molecule is CC1CNCCN1c1ncccc1C(N)=O. The fourth-order valence-corrected chi connectivity index (χ4v) is 1.97. The number of primary amides is 1. The Morgan fingerprint density at radius 2 is 2.50 bits per heavy atom.